The van der Waals surface area contributed by atoms with Crippen LogP contribution in [0.25, 0.3) is 0 Å². The van der Waals surface area contributed by atoms with Gasteiger partial charge >= 0.3 is 5.69 Å². The van der Waals surface area contributed by atoms with Crippen molar-refractivity contribution in [3.8, 4) is 6.07 Å². The second-order valence-electron chi connectivity index (χ2n) is 7.62. The van der Waals surface area contributed by atoms with E-state index in [1.54, 1.807) is 38.1 Å². The Kier molecular flexibility index (Phi) is 4.15. The topological polar surface area (TPSA) is 117 Å². The third kappa shape index (κ3) is 2.68. The molecule has 0 saturated heterocycles. The monoisotopic (exact) mass is 393 g/mol. The number of anilines is 2. The van der Waals surface area contributed by atoms with Crippen LogP contribution >= 0.6 is 0 Å². The molecule has 0 saturated carbocycles. The molecule has 9 nitrogen and oxygen atoms in total. The molecule has 2 amide bonds. The van der Waals surface area contributed by atoms with Gasteiger partial charge in [0.2, 0.25) is 11.8 Å². The van der Waals surface area contributed by atoms with Gasteiger partial charge in [-0.05, 0) is 38.8 Å². The highest BCUT2D eigenvalue weighted by atomic mass is 16.2. The molecule has 2 aliphatic rings. The van der Waals surface area contributed by atoms with Gasteiger partial charge in [0.25, 0.3) is 5.56 Å². The summed E-state index contributed by atoms with van der Waals surface area (Å²) in [5, 5.41) is 12.2. The van der Waals surface area contributed by atoms with Crippen LogP contribution in [0.4, 0.5) is 11.4 Å². The van der Waals surface area contributed by atoms with Crippen molar-refractivity contribution in [3.05, 3.63) is 56.4 Å². The van der Waals surface area contributed by atoms with Crippen LogP contribution in [0.1, 0.15) is 31.5 Å². The highest BCUT2D eigenvalue weighted by molar-refractivity contribution is 6.14. The SMILES string of the molecule is CC1(C)C(=O)Nc2ccccc2N1C(=O)Cn1c(=O)c(C#N)c2n(c1=O)CCC2. The molecule has 0 unspecified atom stereocenters. The van der Waals surface area contributed by atoms with E-state index in [9.17, 15) is 24.4 Å². The van der Waals surface area contributed by atoms with Gasteiger partial charge in [0.1, 0.15) is 23.7 Å². The van der Waals surface area contributed by atoms with Gasteiger partial charge in [-0.25, -0.2) is 9.36 Å². The minimum atomic E-state index is -1.22. The number of benzene rings is 1. The summed E-state index contributed by atoms with van der Waals surface area (Å²) in [5.74, 6) is -0.959. The number of carbonyl (C=O) groups is 2. The van der Waals surface area contributed by atoms with Crippen molar-refractivity contribution in [1.29, 1.82) is 5.26 Å². The number of hydrogen-bond donors (Lipinski definition) is 1. The Labute approximate surface area is 165 Å². The number of amides is 2. The van der Waals surface area contributed by atoms with Gasteiger partial charge in [0.15, 0.2) is 0 Å². The van der Waals surface area contributed by atoms with Crippen molar-refractivity contribution < 1.29 is 9.59 Å². The van der Waals surface area contributed by atoms with Gasteiger partial charge in [0, 0.05) is 12.2 Å². The number of para-hydroxylation sites is 2. The molecule has 0 atom stereocenters. The van der Waals surface area contributed by atoms with Crippen LogP contribution < -0.4 is 21.5 Å². The molecule has 0 spiro atoms. The highest BCUT2D eigenvalue weighted by Gasteiger charge is 2.43. The van der Waals surface area contributed by atoms with Gasteiger partial charge in [-0.15, -0.1) is 0 Å². The number of rotatable bonds is 2. The average Bonchev–Trinajstić information content (AvgIpc) is 3.16. The molecule has 148 valence electrons. The van der Waals surface area contributed by atoms with Crippen molar-refractivity contribution >= 4 is 23.2 Å². The van der Waals surface area contributed by atoms with E-state index in [1.165, 1.54) is 9.47 Å². The molecule has 1 N–H and O–H groups in total. The number of nitriles is 1. The largest absolute Gasteiger partial charge is 0.331 e. The zero-order chi connectivity index (χ0) is 20.9. The Hall–Kier alpha value is -3.67. The van der Waals surface area contributed by atoms with Crippen molar-refractivity contribution in [2.75, 3.05) is 10.2 Å². The molecule has 3 heterocycles. The number of fused-ring (bicyclic) bond motifs is 2. The fourth-order valence-electron chi connectivity index (χ4n) is 3.99. The fourth-order valence-corrected chi connectivity index (χ4v) is 3.99. The molecule has 0 aliphatic carbocycles. The Balaban J connectivity index is 1.82. The van der Waals surface area contributed by atoms with Crippen molar-refractivity contribution in [2.24, 2.45) is 0 Å². The predicted molar refractivity (Wildman–Crippen MR) is 105 cm³/mol. The molecule has 1 aromatic carbocycles. The van der Waals surface area contributed by atoms with Crippen LogP contribution in [-0.2, 0) is 29.1 Å². The average molecular weight is 393 g/mol. The van der Waals surface area contributed by atoms with E-state index in [2.05, 4.69) is 5.32 Å². The summed E-state index contributed by atoms with van der Waals surface area (Å²) in [5.41, 5.74) is -1.33. The third-order valence-corrected chi connectivity index (χ3v) is 5.49. The lowest BCUT2D eigenvalue weighted by atomic mass is 9.96. The number of nitrogens with one attached hydrogen (secondary N) is 1. The smallest absolute Gasteiger partial charge is 0.322 e. The van der Waals surface area contributed by atoms with Crippen LogP contribution in [0.5, 0.6) is 0 Å². The van der Waals surface area contributed by atoms with Crippen LogP contribution in [-0.4, -0.2) is 26.5 Å². The second-order valence-corrected chi connectivity index (χ2v) is 7.62. The zero-order valence-corrected chi connectivity index (χ0v) is 16.1. The lowest BCUT2D eigenvalue weighted by Gasteiger charge is -2.42. The standard InChI is InChI=1S/C20H19N5O4/c1-20(2)18(28)22-13-6-3-4-7-15(13)25(20)16(26)11-24-17(27)12(10-21)14-8-5-9-23(14)19(24)29/h3-4,6-7H,5,8-9,11H2,1-2H3,(H,22,28). The summed E-state index contributed by atoms with van der Waals surface area (Å²) in [7, 11) is 0. The summed E-state index contributed by atoms with van der Waals surface area (Å²) in [6, 6.07) is 8.70. The molecule has 2 aliphatic heterocycles. The van der Waals surface area contributed by atoms with Crippen LogP contribution in [0.2, 0.25) is 0 Å². The molecular formula is C20H19N5O4. The first-order valence-corrected chi connectivity index (χ1v) is 9.27. The second kappa shape index (κ2) is 6.44. The van der Waals surface area contributed by atoms with E-state index in [1.807, 2.05) is 6.07 Å². The summed E-state index contributed by atoms with van der Waals surface area (Å²) in [4.78, 5) is 52.7. The Morgan fingerprint density at radius 1 is 1.24 bits per heavy atom. The van der Waals surface area contributed by atoms with Crippen LogP contribution in [0, 0.1) is 11.3 Å². The molecule has 2 aromatic rings. The normalized spacial score (nSPS) is 16.6. The highest BCUT2D eigenvalue weighted by Crippen LogP contribution is 2.36. The summed E-state index contributed by atoms with van der Waals surface area (Å²) in [6.45, 7) is 3.03. The lowest BCUT2D eigenvalue weighted by Crippen LogP contribution is -2.60. The van der Waals surface area contributed by atoms with Gasteiger partial charge in [-0.3, -0.25) is 23.9 Å². The maximum absolute atomic E-state index is 13.3. The number of nitrogens with zero attached hydrogens (tertiary/aromatic N) is 4. The zero-order valence-electron chi connectivity index (χ0n) is 16.1. The molecule has 9 heteroatoms. The minimum absolute atomic E-state index is 0.106. The van der Waals surface area contributed by atoms with E-state index < -0.39 is 29.2 Å². The predicted octanol–water partition coefficient (Wildman–Crippen LogP) is 0.592. The first-order chi connectivity index (χ1) is 13.8. The molecule has 0 fully saturated rings. The Morgan fingerprint density at radius 2 is 1.97 bits per heavy atom. The van der Waals surface area contributed by atoms with Gasteiger partial charge in [0.05, 0.1) is 11.4 Å². The fraction of sp³-hybridized carbons (Fsp3) is 0.350. The van der Waals surface area contributed by atoms with E-state index in [4.69, 9.17) is 0 Å². The summed E-state index contributed by atoms with van der Waals surface area (Å²) >= 11 is 0. The Bertz CT molecular complexity index is 1210. The minimum Gasteiger partial charge on any atom is -0.322 e. The first-order valence-electron chi connectivity index (χ1n) is 9.27. The van der Waals surface area contributed by atoms with E-state index >= 15 is 0 Å². The molecule has 1 aromatic heterocycles. The maximum Gasteiger partial charge on any atom is 0.331 e. The Morgan fingerprint density at radius 3 is 2.69 bits per heavy atom. The van der Waals surface area contributed by atoms with Crippen molar-refractivity contribution in [2.45, 2.75) is 45.3 Å². The van der Waals surface area contributed by atoms with Crippen LogP contribution in [0.15, 0.2) is 33.9 Å². The van der Waals surface area contributed by atoms with Gasteiger partial charge in [-0.1, -0.05) is 12.1 Å². The van der Waals surface area contributed by atoms with Crippen molar-refractivity contribution in [3.63, 3.8) is 0 Å². The summed E-state index contributed by atoms with van der Waals surface area (Å²) in [6.07, 6.45) is 1.14. The quantitative estimate of drug-likeness (QED) is 0.801. The molecule has 0 radical (unpaired) electrons. The molecule has 0 bridgehead atoms. The number of carbonyl (C=O) groups excluding carboxylic acids is 2. The van der Waals surface area contributed by atoms with Gasteiger partial charge < -0.3 is 5.32 Å². The van der Waals surface area contributed by atoms with E-state index in [-0.39, 0.29) is 11.5 Å². The summed E-state index contributed by atoms with van der Waals surface area (Å²) < 4.78 is 2.18. The molecule has 4 rings (SSSR count). The number of hydrogen-bond acceptors (Lipinski definition) is 5. The van der Waals surface area contributed by atoms with Crippen molar-refractivity contribution in [1.82, 2.24) is 9.13 Å². The van der Waals surface area contributed by atoms with Crippen LogP contribution in [0.3, 0.4) is 0 Å². The molecule has 29 heavy (non-hydrogen) atoms. The van der Waals surface area contributed by atoms with E-state index in [0.29, 0.717) is 36.5 Å². The molecular weight excluding hydrogens is 374 g/mol. The van der Waals surface area contributed by atoms with Gasteiger partial charge in [-0.2, -0.15) is 5.26 Å². The van der Waals surface area contributed by atoms with E-state index in [0.717, 1.165) is 4.57 Å². The lowest BCUT2D eigenvalue weighted by molar-refractivity contribution is -0.126. The maximum atomic E-state index is 13.3. The number of aromatic nitrogens is 2. The third-order valence-electron chi connectivity index (χ3n) is 5.49. The first kappa shape index (κ1) is 18.7.